The third-order valence-corrected chi connectivity index (χ3v) is 4.91. The van der Waals surface area contributed by atoms with Gasteiger partial charge in [0.2, 0.25) is 5.91 Å². The maximum absolute atomic E-state index is 12.5. The zero-order valence-corrected chi connectivity index (χ0v) is 14.6. The summed E-state index contributed by atoms with van der Waals surface area (Å²) in [5.41, 5.74) is 4.37. The molecule has 4 rings (SSSR count). The smallest absolute Gasteiger partial charge is 0.236 e. The summed E-state index contributed by atoms with van der Waals surface area (Å²) in [7, 11) is 0. The summed E-state index contributed by atoms with van der Waals surface area (Å²) >= 11 is 0. The molecule has 0 aromatic carbocycles. The molecule has 0 unspecified atom stereocenters. The lowest BCUT2D eigenvalue weighted by molar-refractivity contribution is -0.133. The van der Waals surface area contributed by atoms with Crippen molar-refractivity contribution in [3.63, 3.8) is 0 Å². The Morgan fingerprint density at radius 3 is 2.92 bits per heavy atom. The third kappa shape index (κ3) is 3.57. The highest BCUT2D eigenvalue weighted by atomic mass is 16.2. The highest BCUT2D eigenvalue weighted by molar-refractivity contribution is 5.78. The number of aryl methyl sites for hydroxylation is 1. The number of piperazine rings is 1. The number of rotatable bonds is 3. The molecule has 7 heteroatoms. The molecular weight excluding hydrogens is 316 g/mol. The first-order valence-corrected chi connectivity index (χ1v) is 8.90. The first kappa shape index (κ1) is 16.2. The molecule has 7 nitrogen and oxygen atoms in total. The van der Waals surface area contributed by atoms with Crippen LogP contribution in [0, 0.1) is 6.92 Å². The minimum atomic E-state index is 0.238. The minimum Gasteiger partial charge on any atom is -0.339 e. The molecule has 2 aliphatic rings. The Labute approximate surface area is 147 Å². The normalized spacial score (nSPS) is 18.2. The van der Waals surface area contributed by atoms with Crippen LogP contribution >= 0.6 is 0 Å². The van der Waals surface area contributed by atoms with E-state index >= 15 is 0 Å². The predicted molar refractivity (Wildman–Crippen MR) is 94.5 cm³/mol. The molecule has 0 bridgehead atoms. The molecule has 0 aliphatic carbocycles. The highest BCUT2D eigenvalue weighted by Gasteiger charge is 2.24. The number of nitrogens with zero attached hydrogens (tertiary/aromatic N) is 5. The van der Waals surface area contributed by atoms with Crippen LogP contribution in [0.3, 0.4) is 0 Å². The highest BCUT2D eigenvalue weighted by Crippen LogP contribution is 2.20. The summed E-state index contributed by atoms with van der Waals surface area (Å²) in [6.07, 6.45) is 4.79. The van der Waals surface area contributed by atoms with Crippen LogP contribution in [0.25, 0.3) is 5.69 Å². The number of pyridine rings is 1. The maximum atomic E-state index is 12.5. The number of carbonyl (C=O) groups excluding carboxylic acids is 1. The average molecular weight is 340 g/mol. The van der Waals surface area contributed by atoms with Gasteiger partial charge >= 0.3 is 0 Å². The SMILES string of the molecule is Cc1cc(-n2cc3c(n2)CCN(CC(=O)N2CCNCC2)C3)ccn1. The van der Waals surface area contributed by atoms with Crippen LogP contribution in [0.1, 0.15) is 17.0 Å². The van der Waals surface area contributed by atoms with Gasteiger partial charge in [-0.25, -0.2) is 4.68 Å². The molecule has 25 heavy (non-hydrogen) atoms. The van der Waals surface area contributed by atoms with Crippen molar-refractivity contribution in [3.8, 4) is 5.69 Å². The zero-order valence-electron chi connectivity index (χ0n) is 14.6. The quantitative estimate of drug-likeness (QED) is 0.874. The largest absolute Gasteiger partial charge is 0.339 e. The summed E-state index contributed by atoms with van der Waals surface area (Å²) in [6.45, 7) is 7.58. The van der Waals surface area contributed by atoms with Crippen LogP contribution in [0.5, 0.6) is 0 Å². The van der Waals surface area contributed by atoms with E-state index in [1.807, 2.05) is 34.8 Å². The Balaban J connectivity index is 1.43. The third-order valence-electron chi connectivity index (χ3n) is 4.91. The van der Waals surface area contributed by atoms with Crippen molar-refractivity contribution in [2.75, 3.05) is 39.3 Å². The molecule has 132 valence electrons. The second kappa shape index (κ2) is 6.93. The van der Waals surface area contributed by atoms with Crippen molar-refractivity contribution in [2.24, 2.45) is 0 Å². The van der Waals surface area contributed by atoms with Crippen LogP contribution in [0.2, 0.25) is 0 Å². The summed E-state index contributed by atoms with van der Waals surface area (Å²) in [6, 6.07) is 4.00. The van der Waals surface area contributed by atoms with Gasteiger partial charge in [0, 0.05) is 69.3 Å². The topological polar surface area (TPSA) is 66.3 Å². The number of hydrogen-bond donors (Lipinski definition) is 1. The van der Waals surface area contributed by atoms with Crippen LogP contribution in [0.15, 0.2) is 24.5 Å². The number of carbonyl (C=O) groups is 1. The van der Waals surface area contributed by atoms with E-state index in [0.717, 1.165) is 62.8 Å². The number of fused-ring (bicyclic) bond motifs is 1. The fourth-order valence-corrected chi connectivity index (χ4v) is 3.52. The molecular formula is C18H24N6O. The molecule has 0 atom stereocenters. The molecule has 0 spiro atoms. The Morgan fingerprint density at radius 2 is 2.12 bits per heavy atom. The number of hydrogen-bond acceptors (Lipinski definition) is 5. The van der Waals surface area contributed by atoms with Crippen LogP contribution in [0.4, 0.5) is 0 Å². The lowest BCUT2D eigenvalue weighted by Gasteiger charge is -2.31. The van der Waals surface area contributed by atoms with E-state index in [1.54, 1.807) is 0 Å². The summed E-state index contributed by atoms with van der Waals surface area (Å²) < 4.78 is 1.93. The Kier molecular flexibility index (Phi) is 4.50. The van der Waals surface area contributed by atoms with Gasteiger partial charge in [-0.15, -0.1) is 0 Å². The summed E-state index contributed by atoms with van der Waals surface area (Å²) in [5.74, 6) is 0.238. The van der Waals surface area contributed by atoms with E-state index in [-0.39, 0.29) is 5.91 Å². The average Bonchev–Trinajstić information content (AvgIpc) is 3.06. The summed E-state index contributed by atoms with van der Waals surface area (Å²) in [4.78, 5) is 20.9. The standard InChI is InChI=1S/C18H24N6O/c1-14-10-16(2-4-20-14)24-12-15-11-22(7-3-17(15)21-24)13-18(25)23-8-5-19-6-9-23/h2,4,10,12,19H,3,5-9,11,13H2,1H3. The molecule has 1 saturated heterocycles. The van der Waals surface area contributed by atoms with Crippen molar-refractivity contribution < 1.29 is 4.79 Å². The lowest BCUT2D eigenvalue weighted by Crippen LogP contribution is -2.50. The molecule has 0 saturated carbocycles. The second-order valence-corrected chi connectivity index (χ2v) is 6.79. The van der Waals surface area contributed by atoms with E-state index in [2.05, 4.69) is 21.4 Å². The van der Waals surface area contributed by atoms with Crippen LogP contribution < -0.4 is 5.32 Å². The van der Waals surface area contributed by atoms with Crippen molar-refractivity contribution in [2.45, 2.75) is 19.9 Å². The van der Waals surface area contributed by atoms with E-state index in [9.17, 15) is 4.79 Å². The van der Waals surface area contributed by atoms with Gasteiger partial charge in [0.15, 0.2) is 0 Å². The van der Waals surface area contributed by atoms with E-state index in [4.69, 9.17) is 5.10 Å². The van der Waals surface area contributed by atoms with Gasteiger partial charge in [0.05, 0.1) is 17.9 Å². The van der Waals surface area contributed by atoms with E-state index in [1.165, 1.54) is 5.56 Å². The molecule has 1 N–H and O–H groups in total. The maximum Gasteiger partial charge on any atom is 0.236 e. The lowest BCUT2D eigenvalue weighted by atomic mass is 10.1. The molecule has 4 heterocycles. The Hall–Kier alpha value is -2.25. The van der Waals surface area contributed by atoms with Gasteiger partial charge in [-0.1, -0.05) is 0 Å². The zero-order chi connectivity index (χ0) is 17.2. The number of aromatic nitrogens is 3. The van der Waals surface area contributed by atoms with Gasteiger partial charge in [0.25, 0.3) is 0 Å². The van der Waals surface area contributed by atoms with Gasteiger partial charge in [0.1, 0.15) is 0 Å². The second-order valence-electron chi connectivity index (χ2n) is 6.79. The molecule has 0 radical (unpaired) electrons. The van der Waals surface area contributed by atoms with Crippen LogP contribution in [-0.4, -0.2) is 69.7 Å². The monoisotopic (exact) mass is 340 g/mol. The van der Waals surface area contributed by atoms with Gasteiger partial charge in [-0.3, -0.25) is 14.7 Å². The number of nitrogens with one attached hydrogen (secondary N) is 1. The molecule has 1 fully saturated rings. The van der Waals surface area contributed by atoms with Crippen molar-refractivity contribution in [1.82, 2.24) is 29.9 Å². The fraction of sp³-hybridized carbons (Fsp3) is 0.500. The molecule has 1 amide bonds. The molecule has 2 aliphatic heterocycles. The van der Waals surface area contributed by atoms with Gasteiger partial charge in [-0.05, 0) is 19.1 Å². The minimum absolute atomic E-state index is 0.238. The van der Waals surface area contributed by atoms with Crippen molar-refractivity contribution in [1.29, 1.82) is 0 Å². The van der Waals surface area contributed by atoms with Gasteiger partial charge in [-0.2, -0.15) is 5.10 Å². The first-order valence-electron chi connectivity index (χ1n) is 8.90. The predicted octanol–water partition coefficient (Wildman–Crippen LogP) is 0.366. The van der Waals surface area contributed by atoms with Crippen molar-refractivity contribution in [3.05, 3.63) is 41.5 Å². The first-order chi connectivity index (χ1) is 12.2. The van der Waals surface area contributed by atoms with Crippen molar-refractivity contribution >= 4 is 5.91 Å². The Morgan fingerprint density at radius 1 is 1.28 bits per heavy atom. The molecule has 2 aromatic rings. The van der Waals surface area contributed by atoms with Gasteiger partial charge < -0.3 is 10.2 Å². The van der Waals surface area contributed by atoms with Crippen LogP contribution in [-0.2, 0) is 17.8 Å². The molecule has 2 aromatic heterocycles. The Bertz CT molecular complexity index is 765. The summed E-state index contributed by atoms with van der Waals surface area (Å²) in [5, 5.41) is 8.01. The number of amides is 1. The fourth-order valence-electron chi connectivity index (χ4n) is 3.52. The van der Waals surface area contributed by atoms with E-state index in [0.29, 0.717) is 6.54 Å². The van der Waals surface area contributed by atoms with E-state index < -0.39 is 0 Å².